The second-order valence-electron chi connectivity index (χ2n) is 9.20. The van der Waals surface area contributed by atoms with E-state index in [1.54, 1.807) is 11.1 Å². The molecule has 0 bridgehead atoms. The highest BCUT2D eigenvalue weighted by Gasteiger charge is 2.55. The van der Waals surface area contributed by atoms with Crippen LogP contribution in [0.3, 0.4) is 0 Å². The van der Waals surface area contributed by atoms with E-state index in [9.17, 15) is 4.79 Å². The number of hydrogen-bond acceptors (Lipinski definition) is 1. The van der Waals surface area contributed by atoms with Crippen LogP contribution in [0.1, 0.15) is 68.3 Å². The summed E-state index contributed by atoms with van der Waals surface area (Å²) in [4.78, 5) is 13.5. The van der Waals surface area contributed by atoms with E-state index in [4.69, 9.17) is 0 Å². The number of fused-ring (bicyclic) bond motifs is 7. The Bertz CT molecular complexity index is 1130. The molecule has 0 unspecified atom stereocenters. The summed E-state index contributed by atoms with van der Waals surface area (Å²) < 4.78 is 0. The summed E-state index contributed by atoms with van der Waals surface area (Å²) in [5.41, 5.74) is 12.9. The molecule has 0 aromatic heterocycles. The van der Waals surface area contributed by atoms with Gasteiger partial charge in [-0.25, -0.2) is 0 Å². The number of carbonyl (C=O) groups is 1. The normalized spacial score (nSPS) is 24.3. The summed E-state index contributed by atoms with van der Waals surface area (Å²) in [5.74, 6) is 0.210. The van der Waals surface area contributed by atoms with Crippen LogP contribution in [0.15, 0.2) is 93.2 Å². The Morgan fingerprint density at radius 3 is 2.10 bits per heavy atom. The summed E-state index contributed by atoms with van der Waals surface area (Å²) >= 11 is 0. The van der Waals surface area contributed by atoms with Crippen LogP contribution < -0.4 is 0 Å². The molecule has 0 N–H and O–H groups in total. The van der Waals surface area contributed by atoms with Gasteiger partial charge in [-0.15, -0.1) is 0 Å². The number of carbonyl (C=O) groups excluding carboxylic acids is 1. The molecular weight excluding hydrogens is 352 g/mol. The average Bonchev–Trinajstić information content (AvgIpc) is 3.02. The lowest BCUT2D eigenvalue weighted by atomic mass is 9.56. The standard InChI is InChI=1S/C28H26O/c1-17-11-13-19-20-14-12-18(2)16-26(20)28(25(19)15-17)23-9-5-3-7-21(23)27(29)22-8-4-6-10-24(22)28/h3,5,7-10,15-16H,4,6,11-14H2,1-2H3. The predicted octanol–water partition coefficient (Wildman–Crippen LogP) is 6.85. The smallest absolute Gasteiger partial charge is 0.193 e. The van der Waals surface area contributed by atoms with Crippen LogP contribution in [0.2, 0.25) is 0 Å². The van der Waals surface area contributed by atoms with Gasteiger partial charge in [0.15, 0.2) is 5.78 Å². The van der Waals surface area contributed by atoms with Gasteiger partial charge < -0.3 is 0 Å². The first-order valence-corrected chi connectivity index (χ1v) is 11.0. The van der Waals surface area contributed by atoms with Crippen molar-refractivity contribution in [3.8, 4) is 0 Å². The van der Waals surface area contributed by atoms with Crippen LogP contribution in [0, 0.1) is 0 Å². The summed E-state index contributed by atoms with van der Waals surface area (Å²) in [6.45, 7) is 4.53. The molecule has 0 aliphatic heterocycles. The molecule has 0 fully saturated rings. The van der Waals surface area contributed by atoms with Crippen molar-refractivity contribution in [2.24, 2.45) is 0 Å². The zero-order valence-electron chi connectivity index (χ0n) is 17.3. The number of allylic oxidation sites excluding steroid dienone is 12. The first-order chi connectivity index (χ1) is 14.1. The van der Waals surface area contributed by atoms with Crippen molar-refractivity contribution in [1.82, 2.24) is 0 Å². The molecule has 5 aliphatic carbocycles. The molecule has 1 spiro atoms. The molecule has 1 nitrogen and oxygen atoms in total. The third kappa shape index (κ3) is 2.08. The zero-order chi connectivity index (χ0) is 19.8. The number of Topliss-reactive ketones (excluding diaryl/α,β-unsaturated/α-hetero) is 1. The van der Waals surface area contributed by atoms with E-state index >= 15 is 0 Å². The van der Waals surface area contributed by atoms with E-state index in [0.717, 1.165) is 49.7 Å². The summed E-state index contributed by atoms with van der Waals surface area (Å²) in [7, 11) is 0. The van der Waals surface area contributed by atoms with E-state index in [-0.39, 0.29) is 11.2 Å². The van der Waals surface area contributed by atoms with Crippen molar-refractivity contribution in [2.45, 2.75) is 57.8 Å². The summed E-state index contributed by atoms with van der Waals surface area (Å²) in [5, 5.41) is 0. The molecule has 6 rings (SSSR count). The van der Waals surface area contributed by atoms with Gasteiger partial charge in [0.2, 0.25) is 0 Å². The SMILES string of the molecule is CC1=CC2=C(CC1)C1=C(C=C(C)CC1)C21C2=CCCC=C2C(=O)c2ccccc21. The second kappa shape index (κ2) is 5.92. The molecule has 144 valence electrons. The Hall–Kier alpha value is -2.67. The van der Waals surface area contributed by atoms with E-state index in [2.05, 4.69) is 50.3 Å². The topological polar surface area (TPSA) is 17.1 Å². The van der Waals surface area contributed by atoms with Gasteiger partial charge in [-0.1, -0.05) is 59.7 Å². The maximum Gasteiger partial charge on any atom is 0.193 e. The van der Waals surface area contributed by atoms with Gasteiger partial charge >= 0.3 is 0 Å². The Balaban J connectivity index is 1.79. The second-order valence-corrected chi connectivity index (χ2v) is 9.20. The minimum atomic E-state index is -0.301. The van der Waals surface area contributed by atoms with E-state index < -0.39 is 0 Å². The van der Waals surface area contributed by atoms with Crippen LogP contribution in [0.5, 0.6) is 0 Å². The maximum atomic E-state index is 13.5. The highest BCUT2D eigenvalue weighted by atomic mass is 16.1. The summed E-state index contributed by atoms with van der Waals surface area (Å²) in [6.07, 6.45) is 16.0. The predicted molar refractivity (Wildman–Crippen MR) is 118 cm³/mol. The highest BCUT2D eigenvalue weighted by molar-refractivity contribution is 6.16. The monoisotopic (exact) mass is 378 g/mol. The van der Waals surface area contributed by atoms with Crippen LogP contribution in [0.4, 0.5) is 0 Å². The number of rotatable bonds is 0. The molecule has 0 heterocycles. The molecule has 0 amide bonds. The van der Waals surface area contributed by atoms with Gasteiger partial charge in [-0.3, -0.25) is 4.79 Å². The van der Waals surface area contributed by atoms with Gasteiger partial charge in [-0.05, 0) is 85.8 Å². The minimum absolute atomic E-state index is 0.210. The van der Waals surface area contributed by atoms with Gasteiger partial charge in [0.05, 0.1) is 5.41 Å². The van der Waals surface area contributed by atoms with Crippen LogP contribution >= 0.6 is 0 Å². The van der Waals surface area contributed by atoms with E-state index in [0.29, 0.717) is 0 Å². The first-order valence-electron chi connectivity index (χ1n) is 11.0. The van der Waals surface area contributed by atoms with Crippen molar-refractivity contribution in [3.63, 3.8) is 0 Å². The van der Waals surface area contributed by atoms with Crippen LogP contribution in [0.25, 0.3) is 0 Å². The maximum absolute atomic E-state index is 13.5. The highest BCUT2D eigenvalue weighted by Crippen LogP contribution is 2.63. The molecule has 0 atom stereocenters. The number of benzene rings is 1. The lowest BCUT2D eigenvalue weighted by molar-refractivity contribution is 0.102. The van der Waals surface area contributed by atoms with Crippen LogP contribution in [-0.2, 0) is 5.41 Å². The van der Waals surface area contributed by atoms with Crippen molar-refractivity contribution in [1.29, 1.82) is 0 Å². The number of hydrogen-bond donors (Lipinski definition) is 0. The Labute approximate surface area is 172 Å². The van der Waals surface area contributed by atoms with Gasteiger partial charge in [0, 0.05) is 11.1 Å². The molecule has 0 radical (unpaired) electrons. The average molecular weight is 379 g/mol. The molecule has 5 aliphatic rings. The van der Waals surface area contributed by atoms with Crippen LogP contribution in [-0.4, -0.2) is 5.78 Å². The van der Waals surface area contributed by atoms with Gasteiger partial charge in [-0.2, -0.15) is 0 Å². The quantitative estimate of drug-likeness (QED) is 0.482. The molecular formula is C28H26O. The largest absolute Gasteiger partial charge is 0.289 e. The Morgan fingerprint density at radius 1 is 0.793 bits per heavy atom. The van der Waals surface area contributed by atoms with Gasteiger partial charge in [0.25, 0.3) is 0 Å². The molecule has 1 heteroatoms. The molecule has 0 saturated carbocycles. The molecule has 0 saturated heterocycles. The van der Waals surface area contributed by atoms with Crippen molar-refractivity contribution in [2.75, 3.05) is 0 Å². The fourth-order valence-electron chi connectivity index (χ4n) is 6.29. The third-order valence-corrected chi connectivity index (χ3v) is 7.52. The lowest BCUT2D eigenvalue weighted by Gasteiger charge is -2.44. The Morgan fingerprint density at radius 2 is 1.41 bits per heavy atom. The Kier molecular flexibility index (Phi) is 3.51. The zero-order valence-corrected chi connectivity index (χ0v) is 17.3. The molecule has 1 aromatic rings. The third-order valence-electron chi connectivity index (χ3n) is 7.52. The molecule has 29 heavy (non-hydrogen) atoms. The first kappa shape index (κ1) is 17.2. The lowest BCUT2D eigenvalue weighted by Crippen LogP contribution is -2.40. The fourth-order valence-corrected chi connectivity index (χ4v) is 6.29. The van der Waals surface area contributed by atoms with Crippen molar-refractivity contribution < 1.29 is 4.79 Å². The molecule has 1 aromatic carbocycles. The fraction of sp³-hybridized carbons (Fsp3) is 0.321. The van der Waals surface area contributed by atoms with Gasteiger partial charge in [0.1, 0.15) is 0 Å². The summed E-state index contributed by atoms with van der Waals surface area (Å²) in [6, 6.07) is 8.40. The van der Waals surface area contributed by atoms with Crippen molar-refractivity contribution >= 4 is 5.78 Å². The van der Waals surface area contributed by atoms with E-state index in [1.165, 1.54) is 33.4 Å². The number of ketones is 1. The van der Waals surface area contributed by atoms with E-state index in [1.807, 2.05) is 12.1 Å². The minimum Gasteiger partial charge on any atom is -0.289 e. The van der Waals surface area contributed by atoms with Crippen molar-refractivity contribution in [3.05, 3.63) is 104 Å².